The lowest BCUT2D eigenvalue weighted by Gasteiger charge is -2.23. The van der Waals surface area contributed by atoms with Crippen LogP contribution in [0.2, 0.25) is 5.02 Å². The average molecular weight is 469 g/mol. The van der Waals surface area contributed by atoms with Crippen LogP contribution in [-0.4, -0.2) is 53.9 Å². The molecule has 0 spiro atoms. The summed E-state index contributed by atoms with van der Waals surface area (Å²) >= 11 is 7.27. The van der Waals surface area contributed by atoms with Crippen molar-refractivity contribution in [1.29, 1.82) is 0 Å². The molecule has 3 aromatic rings. The van der Waals surface area contributed by atoms with Crippen LogP contribution < -0.4 is 0 Å². The molecule has 0 unspecified atom stereocenters. The van der Waals surface area contributed by atoms with Gasteiger partial charge in [0.1, 0.15) is 4.21 Å². The summed E-state index contributed by atoms with van der Waals surface area (Å²) in [7, 11) is -2.32. The minimum absolute atomic E-state index is 0.0804. The molecule has 8 nitrogen and oxygen atoms in total. The molecule has 0 aliphatic carbocycles. The fourth-order valence-electron chi connectivity index (χ4n) is 2.73. The van der Waals surface area contributed by atoms with E-state index >= 15 is 0 Å². The van der Waals surface area contributed by atoms with Gasteiger partial charge in [-0.25, -0.2) is 8.42 Å². The van der Waals surface area contributed by atoms with Crippen LogP contribution in [0, 0.1) is 0 Å². The first kappa shape index (κ1) is 22.4. The highest BCUT2D eigenvalue weighted by molar-refractivity contribution is 7.91. The molecule has 160 valence electrons. The number of rotatable bonds is 9. The molecule has 2 heterocycles. The van der Waals surface area contributed by atoms with Gasteiger partial charge in [-0.05, 0) is 30.0 Å². The van der Waals surface area contributed by atoms with Gasteiger partial charge in [0.05, 0.1) is 23.7 Å². The first-order chi connectivity index (χ1) is 14.3. The van der Waals surface area contributed by atoms with Gasteiger partial charge in [0.25, 0.3) is 10.0 Å². The van der Waals surface area contributed by atoms with Gasteiger partial charge in [-0.3, -0.25) is 4.79 Å². The van der Waals surface area contributed by atoms with E-state index in [-0.39, 0.29) is 35.0 Å². The van der Waals surface area contributed by atoms with Gasteiger partial charge < -0.3 is 9.32 Å². The Bertz CT molecular complexity index is 1100. The van der Waals surface area contributed by atoms with Crippen molar-refractivity contribution in [3.8, 4) is 11.5 Å². The van der Waals surface area contributed by atoms with E-state index in [4.69, 9.17) is 16.0 Å². The topological polar surface area (TPSA) is 96.6 Å². The molecule has 0 fully saturated rings. The lowest BCUT2D eigenvalue weighted by atomic mass is 10.2. The third kappa shape index (κ3) is 5.07. The number of carbonyl (C=O) groups excluding carboxylic acids is 1. The Morgan fingerprint density at radius 1 is 1.20 bits per heavy atom. The summed E-state index contributed by atoms with van der Waals surface area (Å²) in [6.45, 7) is 2.15. The van der Waals surface area contributed by atoms with Crippen molar-refractivity contribution in [2.45, 2.75) is 24.1 Å². The number of hydrogen-bond acceptors (Lipinski definition) is 7. The standard InChI is InChI=1S/C19H21ClN4O4S2/c1-3-10-24(17(25)13-23(2)30(26,27)18-9-6-11-29-18)12-16-21-22-19(28-16)14-7-4-5-8-15(14)20/h4-9,11H,3,10,12-13H2,1-2H3. The minimum atomic E-state index is -3.71. The van der Waals surface area contributed by atoms with Crippen LogP contribution in [0.4, 0.5) is 0 Å². The summed E-state index contributed by atoms with van der Waals surface area (Å²) in [5, 5.41) is 10.2. The van der Waals surface area contributed by atoms with Crippen molar-refractivity contribution in [2.75, 3.05) is 20.1 Å². The molecule has 0 saturated carbocycles. The number of hydrogen-bond donors (Lipinski definition) is 0. The van der Waals surface area contributed by atoms with E-state index in [1.807, 2.05) is 13.0 Å². The first-order valence-corrected chi connectivity index (χ1v) is 11.9. The lowest BCUT2D eigenvalue weighted by Crippen LogP contribution is -2.41. The molecule has 0 radical (unpaired) electrons. The predicted octanol–water partition coefficient (Wildman–Crippen LogP) is 3.51. The van der Waals surface area contributed by atoms with E-state index in [1.54, 1.807) is 29.6 Å². The number of thiophene rings is 1. The van der Waals surface area contributed by atoms with Crippen LogP contribution in [0.15, 0.2) is 50.4 Å². The Morgan fingerprint density at radius 3 is 2.63 bits per heavy atom. The van der Waals surface area contributed by atoms with Crippen LogP contribution in [-0.2, 0) is 21.4 Å². The van der Waals surface area contributed by atoms with Gasteiger partial charge in [-0.15, -0.1) is 21.5 Å². The second-order valence-corrected chi connectivity index (χ2v) is 10.1. The molecule has 1 amide bonds. The highest BCUT2D eigenvalue weighted by Gasteiger charge is 2.26. The quantitative estimate of drug-likeness (QED) is 0.476. The predicted molar refractivity (Wildman–Crippen MR) is 115 cm³/mol. The third-order valence-electron chi connectivity index (χ3n) is 4.26. The third-order valence-corrected chi connectivity index (χ3v) is 7.77. The number of halogens is 1. The van der Waals surface area contributed by atoms with E-state index in [2.05, 4.69) is 10.2 Å². The maximum Gasteiger partial charge on any atom is 0.252 e. The van der Waals surface area contributed by atoms with Gasteiger partial charge in [0, 0.05) is 13.6 Å². The van der Waals surface area contributed by atoms with Gasteiger partial charge >= 0.3 is 0 Å². The maximum atomic E-state index is 12.8. The maximum absolute atomic E-state index is 12.8. The van der Waals surface area contributed by atoms with E-state index in [1.165, 1.54) is 18.0 Å². The van der Waals surface area contributed by atoms with Crippen molar-refractivity contribution in [3.05, 3.63) is 52.7 Å². The smallest absolute Gasteiger partial charge is 0.252 e. The summed E-state index contributed by atoms with van der Waals surface area (Å²) < 4.78 is 32.1. The van der Waals surface area contributed by atoms with Gasteiger partial charge in [-0.2, -0.15) is 4.31 Å². The molecular weight excluding hydrogens is 448 g/mol. The monoisotopic (exact) mass is 468 g/mol. The molecule has 0 bridgehead atoms. The summed E-state index contributed by atoms with van der Waals surface area (Å²) in [6.07, 6.45) is 0.693. The number of likely N-dealkylation sites (N-methyl/N-ethyl adjacent to an activating group) is 1. The zero-order valence-corrected chi connectivity index (χ0v) is 18.9. The Labute approximate surface area is 184 Å². The Balaban J connectivity index is 1.71. The molecule has 0 N–H and O–H groups in total. The number of aromatic nitrogens is 2. The highest BCUT2D eigenvalue weighted by Crippen LogP contribution is 2.26. The Morgan fingerprint density at radius 2 is 1.97 bits per heavy atom. The first-order valence-electron chi connectivity index (χ1n) is 9.17. The highest BCUT2D eigenvalue weighted by atomic mass is 35.5. The molecule has 30 heavy (non-hydrogen) atoms. The zero-order chi connectivity index (χ0) is 21.7. The van der Waals surface area contributed by atoms with E-state index in [0.29, 0.717) is 23.6 Å². The number of benzene rings is 1. The summed E-state index contributed by atoms with van der Waals surface area (Å²) in [6, 6.07) is 10.3. The SMILES string of the molecule is CCCN(Cc1nnc(-c2ccccc2Cl)o1)C(=O)CN(C)S(=O)(=O)c1cccs1. The van der Waals surface area contributed by atoms with Crippen LogP contribution >= 0.6 is 22.9 Å². The average Bonchev–Trinajstić information content (AvgIpc) is 3.40. The summed E-state index contributed by atoms with van der Waals surface area (Å²) in [4.78, 5) is 14.3. The molecule has 0 atom stereocenters. The zero-order valence-electron chi connectivity index (χ0n) is 16.5. The lowest BCUT2D eigenvalue weighted by molar-refractivity contribution is -0.132. The van der Waals surface area contributed by atoms with Crippen molar-refractivity contribution in [3.63, 3.8) is 0 Å². The molecule has 2 aromatic heterocycles. The van der Waals surface area contributed by atoms with Crippen molar-refractivity contribution in [2.24, 2.45) is 0 Å². The molecule has 11 heteroatoms. The number of carbonyl (C=O) groups is 1. The van der Waals surface area contributed by atoms with Crippen LogP contribution in [0.3, 0.4) is 0 Å². The van der Waals surface area contributed by atoms with E-state index in [0.717, 1.165) is 15.6 Å². The number of sulfonamides is 1. The van der Waals surface area contributed by atoms with Gasteiger partial charge in [0.15, 0.2) is 0 Å². The molecule has 0 aliphatic heterocycles. The minimum Gasteiger partial charge on any atom is -0.419 e. The Kier molecular flexibility index (Phi) is 7.24. The Hall–Kier alpha value is -2.27. The fraction of sp³-hybridized carbons (Fsp3) is 0.316. The summed E-state index contributed by atoms with van der Waals surface area (Å²) in [5.41, 5.74) is 0.605. The van der Waals surface area contributed by atoms with Crippen LogP contribution in [0.25, 0.3) is 11.5 Å². The fourth-order valence-corrected chi connectivity index (χ4v) is 5.26. The number of amides is 1. The second-order valence-electron chi connectivity index (χ2n) is 6.49. The van der Waals surface area contributed by atoms with Crippen molar-refractivity contribution < 1.29 is 17.6 Å². The number of nitrogens with zero attached hydrogens (tertiary/aromatic N) is 4. The normalized spacial score (nSPS) is 11.7. The van der Waals surface area contributed by atoms with Crippen LogP contribution in [0.1, 0.15) is 19.2 Å². The molecule has 3 rings (SSSR count). The van der Waals surface area contributed by atoms with Crippen molar-refractivity contribution in [1.82, 2.24) is 19.4 Å². The molecular formula is C19H21ClN4O4S2. The van der Waals surface area contributed by atoms with Crippen molar-refractivity contribution >= 4 is 38.9 Å². The van der Waals surface area contributed by atoms with Crippen LogP contribution in [0.5, 0.6) is 0 Å². The van der Waals surface area contributed by atoms with Gasteiger partial charge in [0.2, 0.25) is 17.7 Å². The second kappa shape index (κ2) is 9.69. The van der Waals surface area contributed by atoms with E-state index in [9.17, 15) is 13.2 Å². The summed E-state index contributed by atoms with van der Waals surface area (Å²) in [5.74, 6) is 0.157. The molecule has 0 saturated heterocycles. The van der Waals surface area contributed by atoms with Gasteiger partial charge in [-0.1, -0.05) is 36.7 Å². The largest absolute Gasteiger partial charge is 0.419 e. The molecule has 1 aromatic carbocycles. The molecule has 0 aliphatic rings. The van der Waals surface area contributed by atoms with E-state index < -0.39 is 10.0 Å².